The smallest absolute Gasteiger partial charge is 0.259 e. The lowest BCUT2D eigenvalue weighted by Gasteiger charge is -2.17. The number of hydrogen-bond acceptors (Lipinski definition) is 4. The van der Waals surface area contributed by atoms with E-state index >= 15 is 0 Å². The molecule has 1 amide bonds. The third-order valence-corrected chi connectivity index (χ3v) is 4.26. The number of nitrogens with one attached hydrogen (secondary N) is 1. The van der Waals surface area contributed by atoms with Gasteiger partial charge < -0.3 is 19.7 Å². The molecule has 1 saturated carbocycles. The quantitative estimate of drug-likeness (QED) is 0.710. The summed E-state index contributed by atoms with van der Waals surface area (Å²) in [6.07, 6.45) is 2.68. The van der Waals surface area contributed by atoms with Crippen molar-refractivity contribution in [3.63, 3.8) is 0 Å². The van der Waals surface area contributed by atoms with Crippen molar-refractivity contribution >= 4 is 21.8 Å². The molecule has 1 N–H and O–H groups in total. The van der Waals surface area contributed by atoms with Crippen LogP contribution in [0.5, 0.6) is 11.5 Å². The lowest BCUT2D eigenvalue weighted by atomic mass is 10.2. The molecule has 0 spiro atoms. The van der Waals surface area contributed by atoms with E-state index in [0.717, 1.165) is 29.0 Å². The third-order valence-electron chi connectivity index (χ3n) is 3.67. The molecule has 0 bridgehead atoms. The number of carbonyl (C=O) groups excluding carboxylic acids is 1. The molecule has 5 nitrogen and oxygen atoms in total. The Morgan fingerprint density at radius 2 is 2.09 bits per heavy atom. The van der Waals surface area contributed by atoms with Crippen LogP contribution in [0.2, 0.25) is 0 Å². The molecular formula is C17H25BrN2O3. The van der Waals surface area contributed by atoms with Gasteiger partial charge in [-0.3, -0.25) is 4.79 Å². The number of rotatable bonds is 9. The molecule has 0 heterocycles. The molecule has 1 aromatic carbocycles. The fourth-order valence-electron chi connectivity index (χ4n) is 2.13. The second-order valence-corrected chi connectivity index (χ2v) is 6.84. The molecule has 0 saturated heterocycles. The highest BCUT2D eigenvalue weighted by Gasteiger charge is 2.20. The Kier molecular flexibility index (Phi) is 6.72. The van der Waals surface area contributed by atoms with E-state index in [0.29, 0.717) is 18.1 Å². The van der Waals surface area contributed by atoms with Crippen molar-refractivity contribution in [1.29, 1.82) is 0 Å². The predicted molar refractivity (Wildman–Crippen MR) is 93.9 cm³/mol. The van der Waals surface area contributed by atoms with Gasteiger partial charge in [0.1, 0.15) is 0 Å². The van der Waals surface area contributed by atoms with Crippen molar-refractivity contribution in [3.05, 3.63) is 22.2 Å². The molecule has 2 rings (SSSR count). The van der Waals surface area contributed by atoms with Gasteiger partial charge in [0.25, 0.3) is 5.91 Å². The molecule has 1 aliphatic rings. The summed E-state index contributed by atoms with van der Waals surface area (Å²) in [5, 5.41) is 3.47. The van der Waals surface area contributed by atoms with Crippen molar-refractivity contribution in [2.75, 3.05) is 33.9 Å². The van der Waals surface area contributed by atoms with Crippen LogP contribution < -0.4 is 14.8 Å². The molecule has 0 atom stereocenters. The molecule has 128 valence electrons. The zero-order valence-electron chi connectivity index (χ0n) is 14.0. The minimum absolute atomic E-state index is 0.00898. The van der Waals surface area contributed by atoms with E-state index in [2.05, 4.69) is 21.2 Å². The van der Waals surface area contributed by atoms with Gasteiger partial charge in [-0.05, 0) is 65.9 Å². The third kappa shape index (κ3) is 5.70. The van der Waals surface area contributed by atoms with Gasteiger partial charge in [0.05, 0.1) is 11.1 Å². The first kappa shape index (κ1) is 18.1. The second-order valence-electron chi connectivity index (χ2n) is 5.99. The summed E-state index contributed by atoms with van der Waals surface area (Å²) >= 11 is 3.53. The number of carbonyl (C=O) groups is 1. The van der Waals surface area contributed by atoms with Crippen LogP contribution in [0.3, 0.4) is 0 Å². The maximum atomic E-state index is 11.7. The Morgan fingerprint density at radius 1 is 1.35 bits per heavy atom. The highest BCUT2D eigenvalue weighted by atomic mass is 79.9. The van der Waals surface area contributed by atoms with Crippen LogP contribution in [0.1, 0.15) is 25.3 Å². The van der Waals surface area contributed by atoms with Crippen LogP contribution in [0.15, 0.2) is 16.6 Å². The molecular weight excluding hydrogens is 360 g/mol. The van der Waals surface area contributed by atoms with Crippen LogP contribution >= 0.6 is 15.9 Å². The zero-order chi connectivity index (χ0) is 16.8. The number of nitrogens with zero attached hydrogens (tertiary/aromatic N) is 1. The van der Waals surface area contributed by atoms with Gasteiger partial charge in [-0.25, -0.2) is 0 Å². The van der Waals surface area contributed by atoms with E-state index in [1.54, 1.807) is 14.1 Å². The SMILES string of the molecule is CCOc1cc(CNCC2CC2)cc(Br)c1OCC(=O)N(C)C. The van der Waals surface area contributed by atoms with Gasteiger partial charge in [-0.1, -0.05) is 0 Å². The van der Waals surface area contributed by atoms with Crippen molar-refractivity contribution in [1.82, 2.24) is 10.2 Å². The van der Waals surface area contributed by atoms with Gasteiger partial charge in [-0.2, -0.15) is 0 Å². The van der Waals surface area contributed by atoms with E-state index < -0.39 is 0 Å². The largest absolute Gasteiger partial charge is 0.490 e. The highest BCUT2D eigenvalue weighted by Crippen LogP contribution is 2.37. The summed E-state index contributed by atoms with van der Waals surface area (Å²) in [6, 6.07) is 3.99. The van der Waals surface area contributed by atoms with Crippen molar-refractivity contribution < 1.29 is 14.3 Å². The Morgan fingerprint density at radius 3 is 2.70 bits per heavy atom. The summed E-state index contributed by atoms with van der Waals surface area (Å²) in [5.74, 6) is 2.00. The molecule has 0 aliphatic heterocycles. The zero-order valence-corrected chi connectivity index (χ0v) is 15.6. The lowest BCUT2D eigenvalue weighted by molar-refractivity contribution is -0.130. The molecule has 1 aromatic rings. The van der Waals surface area contributed by atoms with E-state index in [-0.39, 0.29) is 12.5 Å². The fraction of sp³-hybridized carbons (Fsp3) is 0.588. The first-order valence-electron chi connectivity index (χ1n) is 8.00. The molecule has 6 heteroatoms. The van der Waals surface area contributed by atoms with Gasteiger partial charge in [0.2, 0.25) is 0 Å². The number of halogens is 1. The Labute approximate surface area is 146 Å². The topological polar surface area (TPSA) is 50.8 Å². The molecule has 1 fully saturated rings. The van der Waals surface area contributed by atoms with Crippen molar-refractivity contribution in [2.24, 2.45) is 5.92 Å². The van der Waals surface area contributed by atoms with Gasteiger partial charge in [0.15, 0.2) is 18.1 Å². The van der Waals surface area contributed by atoms with Gasteiger partial charge in [0, 0.05) is 20.6 Å². The highest BCUT2D eigenvalue weighted by molar-refractivity contribution is 9.10. The fourth-order valence-corrected chi connectivity index (χ4v) is 2.74. The maximum Gasteiger partial charge on any atom is 0.259 e. The molecule has 1 aliphatic carbocycles. The number of ether oxygens (including phenoxy) is 2. The number of amides is 1. The summed E-state index contributed by atoms with van der Waals surface area (Å²) < 4.78 is 12.2. The minimum Gasteiger partial charge on any atom is -0.490 e. The lowest BCUT2D eigenvalue weighted by Crippen LogP contribution is -2.27. The van der Waals surface area contributed by atoms with Crippen LogP contribution in [-0.2, 0) is 11.3 Å². The van der Waals surface area contributed by atoms with Gasteiger partial charge >= 0.3 is 0 Å². The molecule has 0 radical (unpaired) electrons. The van der Waals surface area contributed by atoms with Gasteiger partial charge in [-0.15, -0.1) is 0 Å². The van der Waals surface area contributed by atoms with E-state index in [4.69, 9.17) is 9.47 Å². The van der Waals surface area contributed by atoms with Crippen molar-refractivity contribution in [3.8, 4) is 11.5 Å². The first-order chi connectivity index (χ1) is 11.0. The van der Waals surface area contributed by atoms with Crippen LogP contribution in [0.25, 0.3) is 0 Å². The average Bonchev–Trinajstić information content (AvgIpc) is 3.30. The first-order valence-corrected chi connectivity index (χ1v) is 8.79. The van der Waals surface area contributed by atoms with Crippen LogP contribution in [-0.4, -0.2) is 44.7 Å². The standard InChI is InChI=1S/C17H25BrN2O3/c1-4-22-15-8-13(10-19-9-12-5-6-12)7-14(18)17(15)23-11-16(21)20(2)3/h7-8,12,19H,4-6,9-11H2,1-3H3. The molecule has 0 unspecified atom stereocenters. The van der Waals surface area contributed by atoms with Crippen LogP contribution in [0, 0.1) is 5.92 Å². The summed E-state index contributed by atoms with van der Waals surface area (Å²) in [5.41, 5.74) is 1.13. The Hall–Kier alpha value is -1.27. The summed E-state index contributed by atoms with van der Waals surface area (Å²) in [7, 11) is 3.41. The normalized spacial score (nSPS) is 13.7. The minimum atomic E-state index is -0.0884. The van der Waals surface area contributed by atoms with Crippen molar-refractivity contribution in [2.45, 2.75) is 26.3 Å². The Bertz CT molecular complexity index is 545. The maximum absolute atomic E-state index is 11.7. The Balaban J connectivity index is 2.04. The van der Waals surface area contributed by atoms with E-state index in [9.17, 15) is 4.79 Å². The molecule has 23 heavy (non-hydrogen) atoms. The predicted octanol–water partition coefficient (Wildman–Crippen LogP) is 2.81. The summed E-state index contributed by atoms with van der Waals surface area (Å²) in [6.45, 7) is 4.33. The number of benzene rings is 1. The number of hydrogen-bond donors (Lipinski definition) is 1. The second kappa shape index (κ2) is 8.55. The van der Waals surface area contributed by atoms with Crippen LogP contribution in [0.4, 0.5) is 0 Å². The van der Waals surface area contributed by atoms with E-state index in [1.165, 1.54) is 17.7 Å². The summed E-state index contributed by atoms with van der Waals surface area (Å²) in [4.78, 5) is 13.2. The van der Waals surface area contributed by atoms with E-state index in [1.807, 2.05) is 19.1 Å². The average molecular weight is 385 g/mol. The molecule has 0 aromatic heterocycles. The monoisotopic (exact) mass is 384 g/mol. The number of likely N-dealkylation sites (N-methyl/N-ethyl adjacent to an activating group) is 1.